The SMILES string of the molecule is CCOC(CNCc1cccc(C(F)(F)F)c1)OCC. The summed E-state index contributed by atoms with van der Waals surface area (Å²) in [6, 6.07) is 5.26. The predicted molar refractivity (Wildman–Crippen MR) is 70.2 cm³/mol. The Bertz CT molecular complexity index is 390. The quantitative estimate of drug-likeness (QED) is 0.746. The van der Waals surface area contributed by atoms with Crippen LogP contribution in [0.25, 0.3) is 0 Å². The smallest absolute Gasteiger partial charge is 0.352 e. The normalized spacial score (nSPS) is 12.1. The molecule has 0 aliphatic carbocycles. The van der Waals surface area contributed by atoms with E-state index < -0.39 is 11.7 Å². The maximum atomic E-state index is 12.6. The number of halogens is 3. The molecule has 0 unspecified atom stereocenters. The molecule has 0 saturated heterocycles. The highest BCUT2D eigenvalue weighted by Crippen LogP contribution is 2.29. The number of ether oxygens (including phenoxy) is 2. The van der Waals surface area contributed by atoms with Crippen molar-refractivity contribution in [2.75, 3.05) is 19.8 Å². The van der Waals surface area contributed by atoms with Gasteiger partial charge in [-0.25, -0.2) is 0 Å². The Morgan fingerprint density at radius 1 is 1.15 bits per heavy atom. The molecule has 1 aromatic rings. The maximum absolute atomic E-state index is 12.6. The van der Waals surface area contributed by atoms with Crippen molar-refractivity contribution in [3.05, 3.63) is 35.4 Å². The summed E-state index contributed by atoms with van der Waals surface area (Å²) in [5.41, 5.74) is -0.0606. The van der Waals surface area contributed by atoms with Gasteiger partial charge in [-0.15, -0.1) is 0 Å². The third kappa shape index (κ3) is 5.90. The molecule has 1 N–H and O–H groups in total. The fraction of sp³-hybridized carbons (Fsp3) is 0.571. The molecule has 0 saturated carbocycles. The monoisotopic (exact) mass is 291 g/mol. The molecule has 1 rings (SSSR count). The Morgan fingerprint density at radius 3 is 2.35 bits per heavy atom. The molecule has 3 nitrogen and oxygen atoms in total. The van der Waals surface area contributed by atoms with Crippen molar-refractivity contribution in [1.29, 1.82) is 0 Å². The Labute approximate surface area is 117 Å². The number of hydrogen-bond donors (Lipinski definition) is 1. The zero-order valence-electron chi connectivity index (χ0n) is 11.7. The minimum atomic E-state index is -4.31. The van der Waals surface area contributed by atoms with E-state index in [1.807, 2.05) is 13.8 Å². The van der Waals surface area contributed by atoms with Crippen molar-refractivity contribution in [3.63, 3.8) is 0 Å². The lowest BCUT2D eigenvalue weighted by Gasteiger charge is -2.17. The summed E-state index contributed by atoms with van der Waals surface area (Å²) >= 11 is 0. The molecule has 0 aliphatic heterocycles. The van der Waals surface area contributed by atoms with E-state index in [4.69, 9.17) is 9.47 Å². The Kier molecular flexibility index (Phi) is 6.98. The predicted octanol–water partition coefficient (Wildman–Crippen LogP) is 3.19. The standard InChI is InChI=1S/C14H20F3NO2/c1-3-19-13(20-4-2)10-18-9-11-6-5-7-12(8-11)14(15,16)17/h5-8,13,18H,3-4,9-10H2,1-2H3. The van der Waals surface area contributed by atoms with Crippen LogP contribution in [-0.2, 0) is 22.2 Å². The summed E-state index contributed by atoms with van der Waals surface area (Å²) in [6.45, 7) is 5.53. The zero-order valence-corrected chi connectivity index (χ0v) is 11.7. The van der Waals surface area contributed by atoms with E-state index >= 15 is 0 Å². The molecule has 114 valence electrons. The molecule has 20 heavy (non-hydrogen) atoms. The van der Waals surface area contributed by atoms with Crippen LogP contribution in [0.5, 0.6) is 0 Å². The number of alkyl halides is 3. The minimum absolute atomic E-state index is 0.334. The van der Waals surface area contributed by atoms with Crippen molar-refractivity contribution in [3.8, 4) is 0 Å². The Hall–Kier alpha value is -1.11. The van der Waals surface area contributed by atoms with E-state index in [1.54, 1.807) is 6.07 Å². The van der Waals surface area contributed by atoms with Gasteiger partial charge in [0.05, 0.1) is 5.56 Å². The van der Waals surface area contributed by atoms with E-state index in [0.717, 1.165) is 12.1 Å². The number of nitrogens with one attached hydrogen (secondary N) is 1. The molecule has 0 radical (unpaired) electrons. The molecule has 0 atom stereocenters. The lowest BCUT2D eigenvalue weighted by Crippen LogP contribution is -2.31. The minimum Gasteiger partial charge on any atom is -0.352 e. The molecular formula is C14H20F3NO2. The van der Waals surface area contributed by atoms with Crippen LogP contribution in [-0.4, -0.2) is 26.0 Å². The Balaban J connectivity index is 2.49. The van der Waals surface area contributed by atoms with E-state index in [2.05, 4.69) is 5.32 Å². The second-order valence-corrected chi connectivity index (χ2v) is 4.17. The van der Waals surface area contributed by atoms with Gasteiger partial charge in [0.15, 0.2) is 6.29 Å². The van der Waals surface area contributed by atoms with Crippen LogP contribution in [0.4, 0.5) is 13.2 Å². The van der Waals surface area contributed by atoms with Crippen LogP contribution in [0.3, 0.4) is 0 Å². The van der Waals surface area contributed by atoms with Crippen LogP contribution >= 0.6 is 0 Å². The van der Waals surface area contributed by atoms with Crippen LogP contribution in [0.1, 0.15) is 25.0 Å². The van der Waals surface area contributed by atoms with E-state index in [9.17, 15) is 13.2 Å². The van der Waals surface area contributed by atoms with E-state index in [-0.39, 0.29) is 6.29 Å². The van der Waals surface area contributed by atoms with Crippen molar-refractivity contribution < 1.29 is 22.6 Å². The first-order chi connectivity index (χ1) is 9.47. The molecule has 0 bridgehead atoms. The number of benzene rings is 1. The summed E-state index contributed by atoms with van der Waals surface area (Å²) in [4.78, 5) is 0. The summed E-state index contributed by atoms with van der Waals surface area (Å²) in [5, 5.41) is 3.03. The Morgan fingerprint density at radius 2 is 1.80 bits per heavy atom. The van der Waals surface area contributed by atoms with Crippen molar-refractivity contribution in [2.45, 2.75) is 32.9 Å². The molecule has 0 aromatic heterocycles. The molecular weight excluding hydrogens is 271 g/mol. The van der Waals surface area contributed by atoms with Crippen molar-refractivity contribution in [1.82, 2.24) is 5.32 Å². The van der Waals surface area contributed by atoms with Crippen molar-refractivity contribution >= 4 is 0 Å². The maximum Gasteiger partial charge on any atom is 0.416 e. The third-order valence-corrected chi connectivity index (χ3v) is 2.60. The van der Waals surface area contributed by atoms with E-state index in [1.165, 1.54) is 6.07 Å². The topological polar surface area (TPSA) is 30.5 Å². The van der Waals surface area contributed by atoms with Gasteiger partial charge in [0.1, 0.15) is 0 Å². The average molecular weight is 291 g/mol. The number of rotatable bonds is 8. The highest BCUT2D eigenvalue weighted by atomic mass is 19.4. The average Bonchev–Trinajstić information content (AvgIpc) is 2.38. The van der Waals surface area contributed by atoms with Gasteiger partial charge in [0.25, 0.3) is 0 Å². The summed E-state index contributed by atoms with van der Waals surface area (Å²) < 4.78 is 48.3. The fourth-order valence-corrected chi connectivity index (χ4v) is 1.73. The number of hydrogen-bond acceptors (Lipinski definition) is 3. The van der Waals surface area contributed by atoms with E-state index in [0.29, 0.717) is 31.9 Å². The largest absolute Gasteiger partial charge is 0.416 e. The highest BCUT2D eigenvalue weighted by Gasteiger charge is 2.30. The lowest BCUT2D eigenvalue weighted by atomic mass is 10.1. The van der Waals surface area contributed by atoms with Crippen LogP contribution < -0.4 is 5.32 Å². The molecule has 0 fully saturated rings. The van der Waals surface area contributed by atoms with Crippen LogP contribution in [0.2, 0.25) is 0 Å². The summed E-state index contributed by atoms with van der Waals surface area (Å²) in [6.07, 6.45) is -4.69. The first-order valence-electron chi connectivity index (χ1n) is 6.57. The van der Waals surface area contributed by atoms with Crippen LogP contribution in [0, 0.1) is 0 Å². The van der Waals surface area contributed by atoms with Gasteiger partial charge in [-0.2, -0.15) is 13.2 Å². The molecule has 0 aliphatic rings. The summed E-state index contributed by atoms with van der Waals surface area (Å²) in [7, 11) is 0. The molecule has 0 amide bonds. The molecule has 0 spiro atoms. The second-order valence-electron chi connectivity index (χ2n) is 4.17. The third-order valence-electron chi connectivity index (χ3n) is 2.60. The van der Waals surface area contributed by atoms with Gasteiger partial charge in [0, 0.05) is 26.3 Å². The van der Waals surface area contributed by atoms with Gasteiger partial charge < -0.3 is 14.8 Å². The molecule has 0 heterocycles. The zero-order chi connectivity index (χ0) is 15.0. The fourth-order valence-electron chi connectivity index (χ4n) is 1.73. The van der Waals surface area contributed by atoms with Gasteiger partial charge in [0.2, 0.25) is 0 Å². The molecule has 6 heteroatoms. The first-order valence-corrected chi connectivity index (χ1v) is 6.57. The van der Waals surface area contributed by atoms with Crippen LogP contribution in [0.15, 0.2) is 24.3 Å². The van der Waals surface area contributed by atoms with Gasteiger partial charge in [-0.1, -0.05) is 18.2 Å². The van der Waals surface area contributed by atoms with Gasteiger partial charge in [-0.05, 0) is 25.5 Å². The second kappa shape index (κ2) is 8.24. The van der Waals surface area contributed by atoms with Gasteiger partial charge in [-0.3, -0.25) is 0 Å². The first kappa shape index (κ1) is 16.9. The van der Waals surface area contributed by atoms with Crippen molar-refractivity contribution in [2.24, 2.45) is 0 Å². The highest BCUT2D eigenvalue weighted by molar-refractivity contribution is 5.25. The van der Waals surface area contributed by atoms with Gasteiger partial charge >= 0.3 is 6.18 Å². The molecule has 1 aromatic carbocycles. The summed E-state index contributed by atoms with van der Waals surface area (Å²) in [5.74, 6) is 0. The lowest BCUT2D eigenvalue weighted by molar-refractivity contribution is -0.137.